The molecule has 0 atom stereocenters. The lowest BCUT2D eigenvalue weighted by atomic mass is 10.1. The Hall–Kier alpha value is -3.80. The Morgan fingerprint density at radius 1 is 0.828 bits per heavy atom. The minimum Gasteiger partial charge on any atom is -0.496 e. The number of rotatable bonds is 8. The number of nitrogens with one attached hydrogen (secondary N) is 1. The lowest BCUT2D eigenvalue weighted by Gasteiger charge is -2.12. The number of methoxy groups -OCH3 is 1. The number of ether oxygens (including phenoxy) is 3. The maximum Gasteiger partial charge on any atom is 0.310 e. The van der Waals surface area contributed by atoms with E-state index >= 15 is 0 Å². The zero-order valence-corrected chi connectivity index (χ0v) is 16.0. The summed E-state index contributed by atoms with van der Waals surface area (Å²) in [6.45, 7) is -0.395. The summed E-state index contributed by atoms with van der Waals surface area (Å²) >= 11 is 0. The Labute approximate surface area is 169 Å². The van der Waals surface area contributed by atoms with E-state index in [1.54, 1.807) is 36.4 Å². The van der Waals surface area contributed by atoms with Crippen molar-refractivity contribution in [2.75, 3.05) is 19.0 Å². The summed E-state index contributed by atoms with van der Waals surface area (Å²) in [5.41, 5.74) is 1.18. The molecular formula is C23H21NO5. The van der Waals surface area contributed by atoms with Crippen LogP contribution >= 0.6 is 0 Å². The van der Waals surface area contributed by atoms with E-state index in [0.29, 0.717) is 28.5 Å². The number of hydrogen-bond donors (Lipinski definition) is 1. The van der Waals surface area contributed by atoms with Crippen LogP contribution in [0.4, 0.5) is 5.69 Å². The molecule has 1 amide bonds. The van der Waals surface area contributed by atoms with Gasteiger partial charge < -0.3 is 19.5 Å². The third-order valence-electron chi connectivity index (χ3n) is 4.02. The first-order valence-electron chi connectivity index (χ1n) is 9.05. The average Bonchev–Trinajstić information content (AvgIpc) is 2.75. The molecule has 0 fully saturated rings. The van der Waals surface area contributed by atoms with Gasteiger partial charge in [-0.05, 0) is 30.3 Å². The Morgan fingerprint density at radius 2 is 1.48 bits per heavy atom. The molecule has 29 heavy (non-hydrogen) atoms. The van der Waals surface area contributed by atoms with Crippen molar-refractivity contribution in [3.05, 3.63) is 84.4 Å². The fraction of sp³-hybridized carbons (Fsp3) is 0.130. The summed E-state index contributed by atoms with van der Waals surface area (Å²) in [5.74, 6) is 0.770. The monoisotopic (exact) mass is 391 g/mol. The summed E-state index contributed by atoms with van der Waals surface area (Å²) in [7, 11) is 1.53. The molecule has 0 aliphatic heterocycles. The standard InChI is InChI=1S/C23H21NO5/c1-27-20-13-7-5-9-17(20)15-23(26)28-16-22(25)24-19-12-6-8-14-21(19)29-18-10-3-2-4-11-18/h2-14H,15-16H2,1H3,(H,24,25). The van der Waals surface area contributed by atoms with Gasteiger partial charge in [-0.15, -0.1) is 0 Å². The lowest BCUT2D eigenvalue weighted by Crippen LogP contribution is -2.22. The van der Waals surface area contributed by atoms with Crippen molar-refractivity contribution in [3.63, 3.8) is 0 Å². The Kier molecular flexibility index (Phi) is 6.84. The summed E-state index contributed by atoms with van der Waals surface area (Å²) < 4.78 is 16.1. The van der Waals surface area contributed by atoms with Crippen molar-refractivity contribution < 1.29 is 23.8 Å². The minimum atomic E-state index is -0.515. The van der Waals surface area contributed by atoms with Gasteiger partial charge in [-0.1, -0.05) is 48.5 Å². The van der Waals surface area contributed by atoms with E-state index in [-0.39, 0.29) is 6.42 Å². The summed E-state index contributed by atoms with van der Waals surface area (Å²) in [6, 6.07) is 23.4. The molecule has 0 saturated heterocycles. The van der Waals surface area contributed by atoms with Crippen LogP contribution in [0.25, 0.3) is 0 Å². The van der Waals surface area contributed by atoms with Crippen molar-refractivity contribution in [1.29, 1.82) is 0 Å². The van der Waals surface area contributed by atoms with Crippen molar-refractivity contribution in [2.24, 2.45) is 0 Å². The molecular weight excluding hydrogens is 370 g/mol. The van der Waals surface area contributed by atoms with Crippen LogP contribution in [-0.4, -0.2) is 25.6 Å². The second-order valence-corrected chi connectivity index (χ2v) is 6.11. The highest BCUT2D eigenvalue weighted by Crippen LogP contribution is 2.29. The van der Waals surface area contributed by atoms with Gasteiger partial charge >= 0.3 is 5.97 Å². The third kappa shape index (κ3) is 5.84. The number of anilines is 1. The highest BCUT2D eigenvalue weighted by molar-refractivity contribution is 5.94. The largest absolute Gasteiger partial charge is 0.496 e. The maximum atomic E-state index is 12.2. The molecule has 148 valence electrons. The van der Waals surface area contributed by atoms with Crippen molar-refractivity contribution in [3.8, 4) is 17.2 Å². The van der Waals surface area contributed by atoms with E-state index in [4.69, 9.17) is 14.2 Å². The maximum absolute atomic E-state index is 12.2. The lowest BCUT2D eigenvalue weighted by molar-refractivity contribution is -0.146. The molecule has 0 unspecified atom stereocenters. The molecule has 3 rings (SSSR count). The molecule has 0 spiro atoms. The average molecular weight is 391 g/mol. The molecule has 6 heteroatoms. The van der Waals surface area contributed by atoms with Gasteiger partial charge in [0.15, 0.2) is 12.4 Å². The van der Waals surface area contributed by atoms with Crippen LogP contribution in [0.5, 0.6) is 17.2 Å². The van der Waals surface area contributed by atoms with Crippen LogP contribution in [0.3, 0.4) is 0 Å². The molecule has 1 N–H and O–H groups in total. The fourth-order valence-corrected chi connectivity index (χ4v) is 2.66. The van der Waals surface area contributed by atoms with E-state index in [9.17, 15) is 9.59 Å². The van der Waals surface area contributed by atoms with Crippen LogP contribution in [0.1, 0.15) is 5.56 Å². The first kappa shape index (κ1) is 19.9. The first-order chi connectivity index (χ1) is 14.2. The van der Waals surface area contributed by atoms with Gasteiger partial charge in [-0.2, -0.15) is 0 Å². The van der Waals surface area contributed by atoms with Gasteiger partial charge in [0.25, 0.3) is 5.91 Å². The minimum absolute atomic E-state index is 0.0188. The van der Waals surface area contributed by atoms with Crippen molar-refractivity contribution in [2.45, 2.75) is 6.42 Å². The second-order valence-electron chi connectivity index (χ2n) is 6.11. The zero-order chi connectivity index (χ0) is 20.5. The quantitative estimate of drug-likeness (QED) is 0.582. The van der Waals surface area contributed by atoms with Gasteiger partial charge in [0.05, 0.1) is 19.2 Å². The van der Waals surface area contributed by atoms with Crippen molar-refractivity contribution in [1.82, 2.24) is 0 Å². The molecule has 0 aromatic heterocycles. The number of benzene rings is 3. The molecule has 6 nitrogen and oxygen atoms in total. The van der Waals surface area contributed by atoms with Crippen LogP contribution in [0.15, 0.2) is 78.9 Å². The normalized spacial score (nSPS) is 10.1. The van der Waals surface area contributed by atoms with E-state index in [1.165, 1.54) is 7.11 Å². The molecule has 0 radical (unpaired) electrons. The SMILES string of the molecule is COc1ccccc1CC(=O)OCC(=O)Nc1ccccc1Oc1ccccc1. The van der Waals surface area contributed by atoms with E-state index in [0.717, 1.165) is 0 Å². The highest BCUT2D eigenvalue weighted by Gasteiger charge is 2.13. The molecule has 0 heterocycles. The number of esters is 1. The number of hydrogen-bond acceptors (Lipinski definition) is 5. The number of amides is 1. The van der Waals surface area contributed by atoms with Gasteiger partial charge in [0.2, 0.25) is 0 Å². The van der Waals surface area contributed by atoms with E-state index in [1.807, 2.05) is 42.5 Å². The van der Waals surface area contributed by atoms with Crippen LogP contribution < -0.4 is 14.8 Å². The molecule has 0 saturated carbocycles. The molecule has 3 aromatic carbocycles. The van der Waals surface area contributed by atoms with Crippen molar-refractivity contribution >= 4 is 17.6 Å². The number of carbonyl (C=O) groups excluding carboxylic acids is 2. The van der Waals surface area contributed by atoms with Gasteiger partial charge in [-0.25, -0.2) is 0 Å². The smallest absolute Gasteiger partial charge is 0.310 e. The first-order valence-corrected chi connectivity index (χ1v) is 9.05. The number of carbonyl (C=O) groups is 2. The predicted molar refractivity (Wildman–Crippen MR) is 109 cm³/mol. The van der Waals surface area contributed by atoms with Gasteiger partial charge in [0, 0.05) is 5.56 Å². The van der Waals surface area contributed by atoms with E-state index in [2.05, 4.69) is 5.32 Å². The second kappa shape index (κ2) is 9.94. The Bertz CT molecular complexity index is 972. The molecule has 0 aliphatic carbocycles. The summed E-state index contributed by atoms with van der Waals surface area (Å²) in [4.78, 5) is 24.3. The zero-order valence-electron chi connectivity index (χ0n) is 16.0. The van der Waals surface area contributed by atoms with Crippen LogP contribution in [0, 0.1) is 0 Å². The van der Waals surface area contributed by atoms with Crippen LogP contribution in [-0.2, 0) is 20.7 Å². The summed E-state index contributed by atoms with van der Waals surface area (Å²) in [6.07, 6.45) is 0.0188. The molecule has 0 bridgehead atoms. The summed E-state index contributed by atoms with van der Waals surface area (Å²) in [5, 5.41) is 2.71. The highest BCUT2D eigenvalue weighted by atomic mass is 16.5. The third-order valence-corrected chi connectivity index (χ3v) is 4.02. The molecule has 3 aromatic rings. The van der Waals surface area contributed by atoms with Crippen LogP contribution in [0.2, 0.25) is 0 Å². The van der Waals surface area contributed by atoms with E-state index < -0.39 is 18.5 Å². The number of para-hydroxylation sites is 4. The predicted octanol–water partition coefficient (Wildman–Crippen LogP) is 4.21. The Morgan fingerprint density at radius 3 is 2.24 bits per heavy atom. The van der Waals surface area contributed by atoms with Gasteiger partial charge in [0.1, 0.15) is 11.5 Å². The molecule has 0 aliphatic rings. The fourth-order valence-electron chi connectivity index (χ4n) is 2.66. The Balaban J connectivity index is 1.55. The topological polar surface area (TPSA) is 73.9 Å². The van der Waals surface area contributed by atoms with Gasteiger partial charge in [-0.3, -0.25) is 9.59 Å².